The Hall–Kier alpha value is -3.83. The fourth-order valence-corrected chi connectivity index (χ4v) is 6.05. The van der Waals surface area contributed by atoms with Gasteiger partial charge < -0.3 is 14.8 Å². The zero-order chi connectivity index (χ0) is 31.1. The van der Waals surface area contributed by atoms with Crippen LogP contribution in [0, 0.1) is 0 Å². The van der Waals surface area contributed by atoms with Gasteiger partial charge in [-0.3, -0.25) is 23.9 Å². The number of pyridine rings is 2. The van der Waals surface area contributed by atoms with Crippen LogP contribution in [-0.2, 0) is 24.9 Å². The highest BCUT2D eigenvalue weighted by atomic mass is 35.5. The number of rotatable bonds is 6. The van der Waals surface area contributed by atoms with Crippen molar-refractivity contribution in [3.63, 3.8) is 0 Å². The van der Waals surface area contributed by atoms with Crippen LogP contribution in [0.3, 0.4) is 0 Å². The smallest absolute Gasteiger partial charge is 0.265 e. The number of aryl methyl sites for hydroxylation is 1. The van der Waals surface area contributed by atoms with E-state index in [1.54, 1.807) is 30.5 Å². The Morgan fingerprint density at radius 3 is 2.49 bits per heavy atom. The first-order valence-corrected chi connectivity index (χ1v) is 15.0. The third-order valence-electron chi connectivity index (χ3n) is 8.10. The van der Waals surface area contributed by atoms with Gasteiger partial charge in [-0.25, -0.2) is 14.4 Å². The first kappa shape index (κ1) is 30.6. The van der Waals surface area contributed by atoms with Gasteiger partial charge in [-0.1, -0.05) is 37.6 Å². The van der Waals surface area contributed by atoms with Gasteiger partial charge in [0.2, 0.25) is 5.91 Å². The molecule has 2 aliphatic heterocycles. The lowest BCUT2D eigenvalue weighted by Gasteiger charge is -2.42. The minimum Gasteiger partial charge on any atom is -0.348 e. The van der Waals surface area contributed by atoms with E-state index in [-0.39, 0.29) is 43.4 Å². The molecule has 10 nitrogen and oxygen atoms in total. The second-order valence-corrected chi connectivity index (χ2v) is 11.8. The van der Waals surface area contributed by atoms with Crippen molar-refractivity contribution in [1.29, 1.82) is 0 Å². The number of likely N-dealkylation sites (tertiary alicyclic amines) is 2. The summed E-state index contributed by atoms with van der Waals surface area (Å²) < 4.78 is 17.3. The summed E-state index contributed by atoms with van der Waals surface area (Å²) in [6.07, 6.45) is 3.64. The van der Waals surface area contributed by atoms with Crippen LogP contribution < -0.4 is 10.9 Å². The van der Waals surface area contributed by atoms with E-state index >= 15 is 0 Å². The number of hydrogen-bond acceptors (Lipinski definition) is 6. The van der Waals surface area contributed by atoms with Crippen LogP contribution in [0.1, 0.15) is 61.4 Å². The van der Waals surface area contributed by atoms with Crippen LogP contribution in [0.4, 0.5) is 4.39 Å². The lowest BCUT2D eigenvalue weighted by Crippen LogP contribution is -2.60. The Balaban J connectivity index is 0.00000180. The number of carbonyl (C=O) groups is 2. The van der Waals surface area contributed by atoms with Crippen molar-refractivity contribution in [2.24, 2.45) is 7.05 Å². The molecule has 0 saturated carbocycles. The van der Waals surface area contributed by atoms with E-state index in [1.807, 2.05) is 25.5 Å². The zero-order valence-electron chi connectivity index (χ0n) is 25.2. The topological polar surface area (TPSA) is 105 Å². The van der Waals surface area contributed by atoms with Gasteiger partial charge in [0.15, 0.2) is 0 Å². The second kappa shape index (κ2) is 12.0. The van der Waals surface area contributed by atoms with Crippen LogP contribution in [-0.4, -0.2) is 73.1 Å². The molecule has 12 heteroatoms. The molecule has 1 N–H and O–H groups in total. The molecule has 2 aliphatic rings. The molecule has 1 atom stereocenters. The van der Waals surface area contributed by atoms with E-state index < -0.39 is 23.0 Å². The van der Waals surface area contributed by atoms with Crippen LogP contribution in [0.15, 0.2) is 41.3 Å². The molecule has 1 unspecified atom stereocenters. The van der Waals surface area contributed by atoms with E-state index in [9.17, 15) is 18.8 Å². The molecule has 2 amide bonds. The lowest BCUT2D eigenvalue weighted by atomic mass is 9.99. The maximum absolute atomic E-state index is 14.1. The Morgan fingerprint density at radius 1 is 1.16 bits per heavy atom. The van der Waals surface area contributed by atoms with Gasteiger partial charge in [0.25, 0.3) is 11.5 Å². The number of amides is 2. The maximum atomic E-state index is 14.1. The number of hydrogen-bond donors (Lipinski definition) is 1. The summed E-state index contributed by atoms with van der Waals surface area (Å²) in [6.45, 7) is 6.14. The molecule has 228 valence electrons. The molecule has 0 bridgehead atoms. The number of benzene rings is 1. The predicted octanol–water partition coefficient (Wildman–Crippen LogP) is 4.23. The molecule has 4 aromatic rings. The van der Waals surface area contributed by atoms with Gasteiger partial charge in [-0.15, -0.1) is 0 Å². The molecule has 5 heterocycles. The van der Waals surface area contributed by atoms with E-state index in [2.05, 4.69) is 22.2 Å². The molecule has 3 aromatic heterocycles. The molecule has 0 spiro atoms. The van der Waals surface area contributed by atoms with E-state index in [1.165, 1.54) is 22.5 Å². The molecule has 2 fully saturated rings. The third-order valence-corrected chi connectivity index (χ3v) is 8.35. The minimum absolute atomic E-state index is 0.0442. The summed E-state index contributed by atoms with van der Waals surface area (Å²) >= 11 is 5.97. The van der Waals surface area contributed by atoms with Gasteiger partial charge in [-0.05, 0) is 57.1 Å². The highest BCUT2D eigenvalue weighted by Gasteiger charge is 2.41. The van der Waals surface area contributed by atoms with Gasteiger partial charge >= 0.3 is 0 Å². The molecular formula is C31H37ClFN7O3. The Kier molecular flexibility index (Phi) is 8.58. The number of halogens is 2. The van der Waals surface area contributed by atoms with E-state index in [4.69, 9.17) is 16.6 Å². The van der Waals surface area contributed by atoms with E-state index in [0.717, 1.165) is 36.3 Å². The summed E-state index contributed by atoms with van der Waals surface area (Å²) in [7, 11) is 3.98. The molecular weight excluding hydrogens is 573 g/mol. The average Bonchev–Trinajstić information content (AvgIpc) is 3.55. The summed E-state index contributed by atoms with van der Waals surface area (Å²) in [4.78, 5) is 53.2. The third kappa shape index (κ3) is 5.88. The molecule has 0 aliphatic carbocycles. The average molecular weight is 610 g/mol. The van der Waals surface area contributed by atoms with Crippen LogP contribution in [0.2, 0.25) is 5.02 Å². The van der Waals surface area contributed by atoms with Gasteiger partial charge in [0.1, 0.15) is 34.8 Å². The monoisotopic (exact) mass is 609 g/mol. The maximum Gasteiger partial charge on any atom is 0.265 e. The van der Waals surface area contributed by atoms with Crippen molar-refractivity contribution >= 4 is 45.5 Å². The summed E-state index contributed by atoms with van der Waals surface area (Å²) in [5, 5.41) is 3.92. The molecule has 43 heavy (non-hydrogen) atoms. The SMILES string of the molecule is CC.CN1CCCC1c1nc2cnc3c(cc(C(=O)NCc4ccc(Cl)cc4)c(=O)n3CC(=O)N3CC(C)(F)C3)c2n1C. The number of carbonyl (C=O) groups excluding carboxylic acids is 2. The Morgan fingerprint density at radius 2 is 1.86 bits per heavy atom. The van der Waals surface area contributed by atoms with E-state index in [0.29, 0.717) is 15.9 Å². The molecule has 6 rings (SSSR count). The van der Waals surface area contributed by atoms with Crippen molar-refractivity contribution in [3.05, 3.63) is 68.9 Å². The zero-order valence-corrected chi connectivity index (χ0v) is 25.9. The quantitative estimate of drug-likeness (QED) is 0.351. The number of aromatic nitrogens is 4. The normalized spacial score (nSPS) is 17.9. The largest absolute Gasteiger partial charge is 0.348 e. The standard InChI is InChI=1S/C29H31ClFN7O3.C2H6/c1-29(31)15-37(16-29)23(39)14-38-25-19(11-20(28(38)41)27(40)33-12-17-6-8-18(30)9-7-17)24-21(13-32-25)34-26(36(24)3)22-5-4-10-35(22)2;1-2/h6-9,11,13,22H,4-5,10,12,14-16H2,1-3H3,(H,33,40);1-2H3. The van der Waals surface area contributed by atoms with Crippen LogP contribution >= 0.6 is 11.6 Å². The molecule has 0 radical (unpaired) electrons. The van der Waals surface area contributed by atoms with Gasteiger partial charge in [-0.2, -0.15) is 0 Å². The van der Waals surface area contributed by atoms with Crippen molar-refractivity contribution in [1.82, 2.24) is 34.2 Å². The first-order chi connectivity index (χ1) is 20.5. The van der Waals surface area contributed by atoms with Crippen molar-refractivity contribution in [3.8, 4) is 0 Å². The highest BCUT2D eigenvalue weighted by molar-refractivity contribution is 6.30. The van der Waals surface area contributed by atoms with Gasteiger partial charge in [0.05, 0.1) is 30.8 Å². The molecule has 2 saturated heterocycles. The molecule has 1 aromatic carbocycles. The summed E-state index contributed by atoms with van der Waals surface area (Å²) in [5.74, 6) is -0.120. The fourth-order valence-electron chi connectivity index (χ4n) is 5.92. The lowest BCUT2D eigenvalue weighted by molar-refractivity contribution is -0.144. The second-order valence-electron chi connectivity index (χ2n) is 11.3. The summed E-state index contributed by atoms with van der Waals surface area (Å²) in [6, 6.07) is 8.70. The Bertz CT molecular complexity index is 1740. The van der Waals surface area contributed by atoms with Crippen LogP contribution in [0.25, 0.3) is 22.1 Å². The number of fused-ring (bicyclic) bond motifs is 3. The first-order valence-electron chi connectivity index (χ1n) is 14.6. The number of alkyl halides is 1. The summed E-state index contributed by atoms with van der Waals surface area (Å²) in [5.41, 5.74) is 0.222. The number of nitrogens with zero attached hydrogens (tertiary/aromatic N) is 6. The minimum atomic E-state index is -1.45. The van der Waals surface area contributed by atoms with Crippen molar-refractivity contribution < 1.29 is 14.0 Å². The highest BCUT2D eigenvalue weighted by Crippen LogP contribution is 2.33. The number of imidazole rings is 1. The fraction of sp³-hybridized carbons (Fsp3) is 0.452. The van der Waals surface area contributed by atoms with Gasteiger partial charge in [0, 0.05) is 24.0 Å². The Labute approximate surface area is 254 Å². The van der Waals surface area contributed by atoms with Crippen molar-refractivity contribution in [2.45, 2.75) is 58.4 Å². The number of nitrogens with one attached hydrogen (secondary N) is 1. The predicted molar refractivity (Wildman–Crippen MR) is 165 cm³/mol. The van der Waals surface area contributed by atoms with Crippen LogP contribution in [0.5, 0.6) is 0 Å². The van der Waals surface area contributed by atoms with Crippen molar-refractivity contribution in [2.75, 3.05) is 26.7 Å².